The molecule has 0 saturated heterocycles. The van der Waals surface area contributed by atoms with Crippen molar-refractivity contribution in [3.05, 3.63) is 58.9 Å². The van der Waals surface area contributed by atoms with Crippen molar-refractivity contribution in [2.75, 3.05) is 0 Å². The van der Waals surface area contributed by atoms with Gasteiger partial charge in [-0.25, -0.2) is 4.98 Å². The Balaban J connectivity index is 1.73. The summed E-state index contributed by atoms with van der Waals surface area (Å²) in [7, 11) is 0. The van der Waals surface area contributed by atoms with Gasteiger partial charge in [-0.2, -0.15) is 0 Å². The Labute approximate surface area is 174 Å². The van der Waals surface area contributed by atoms with Crippen molar-refractivity contribution in [1.29, 1.82) is 0 Å². The van der Waals surface area contributed by atoms with Crippen LogP contribution in [0.25, 0.3) is 22.2 Å². The third-order valence-corrected chi connectivity index (χ3v) is 6.99. The van der Waals surface area contributed by atoms with E-state index in [1.807, 2.05) is 6.20 Å². The maximum absolute atomic E-state index is 5.19. The standard InChI is InChI=1S/C27H32N2/c1-26(2,3)19-11-9-16(10-12-19)25-24-18-8-7-17(13-18)23(24)20-14-22(27(4,5)6)28-15-21(20)29-25/h9-12,14-15,17-18H,7-8,13H2,1-6H3. The summed E-state index contributed by atoms with van der Waals surface area (Å²) >= 11 is 0. The van der Waals surface area contributed by atoms with Crippen LogP contribution in [0.5, 0.6) is 0 Å². The van der Waals surface area contributed by atoms with Gasteiger partial charge in [-0.05, 0) is 59.3 Å². The Morgan fingerprint density at radius 2 is 1.48 bits per heavy atom. The van der Waals surface area contributed by atoms with E-state index < -0.39 is 0 Å². The summed E-state index contributed by atoms with van der Waals surface area (Å²) in [5.74, 6) is 1.37. The summed E-state index contributed by atoms with van der Waals surface area (Å²) in [4.78, 5) is 9.97. The van der Waals surface area contributed by atoms with Gasteiger partial charge in [0.05, 0.1) is 17.4 Å². The molecule has 0 radical (unpaired) electrons. The van der Waals surface area contributed by atoms with Crippen LogP contribution in [0.4, 0.5) is 0 Å². The SMILES string of the molecule is CC(C)(C)c1ccc(-c2nc3cnc(C(C)(C)C)cc3c3c2C2CCC3C2)cc1. The average molecular weight is 385 g/mol. The van der Waals surface area contributed by atoms with Crippen LogP contribution in [0.1, 0.15) is 95.0 Å². The number of hydrogen-bond donors (Lipinski definition) is 0. The molecule has 2 aliphatic rings. The number of fused-ring (bicyclic) bond motifs is 7. The van der Waals surface area contributed by atoms with Crippen LogP contribution in [-0.2, 0) is 10.8 Å². The quantitative estimate of drug-likeness (QED) is 0.441. The van der Waals surface area contributed by atoms with Crippen molar-refractivity contribution in [2.45, 2.75) is 83.5 Å². The van der Waals surface area contributed by atoms with Crippen LogP contribution in [0.15, 0.2) is 36.5 Å². The highest BCUT2D eigenvalue weighted by Crippen LogP contribution is 2.57. The molecule has 3 aromatic rings. The Kier molecular flexibility index (Phi) is 3.98. The maximum atomic E-state index is 5.19. The zero-order valence-electron chi connectivity index (χ0n) is 18.6. The number of benzene rings is 1. The molecule has 2 nitrogen and oxygen atoms in total. The summed E-state index contributed by atoms with van der Waals surface area (Å²) in [5.41, 5.74) is 9.38. The molecule has 2 atom stereocenters. The number of pyridine rings is 2. The van der Waals surface area contributed by atoms with E-state index in [-0.39, 0.29) is 10.8 Å². The number of rotatable bonds is 1. The summed E-state index contributed by atoms with van der Waals surface area (Å²) in [6.45, 7) is 13.5. The Morgan fingerprint density at radius 3 is 2.10 bits per heavy atom. The van der Waals surface area contributed by atoms with Crippen molar-refractivity contribution in [1.82, 2.24) is 9.97 Å². The van der Waals surface area contributed by atoms with E-state index in [1.165, 1.54) is 52.7 Å². The molecule has 1 aromatic carbocycles. The minimum atomic E-state index is 0.0557. The first-order valence-electron chi connectivity index (χ1n) is 11.1. The molecule has 0 aliphatic heterocycles. The predicted molar refractivity (Wildman–Crippen MR) is 122 cm³/mol. The Bertz CT molecular complexity index is 1090. The highest BCUT2D eigenvalue weighted by Gasteiger charge is 2.40. The van der Waals surface area contributed by atoms with E-state index in [0.717, 1.165) is 5.52 Å². The molecule has 5 rings (SSSR count). The largest absolute Gasteiger partial charge is 0.258 e. The van der Waals surface area contributed by atoms with Gasteiger partial charge < -0.3 is 0 Å². The fourth-order valence-electron chi connectivity index (χ4n) is 5.32. The Hall–Kier alpha value is -2.22. The van der Waals surface area contributed by atoms with E-state index in [9.17, 15) is 0 Å². The minimum Gasteiger partial charge on any atom is -0.258 e. The molecule has 29 heavy (non-hydrogen) atoms. The summed E-state index contributed by atoms with van der Waals surface area (Å²) < 4.78 is 0. The number of hydrogen-bond acceptors (Lipinski definition) is 2. The predicted octanol–water partition coefficient (Wildman–Crippen LogP) is 7.26. The molecule has 0 amide bonds. The van der Waals surface area contributed by atoms with E-state index in [1.54, 1.807) is 5.56 Å². The second-order valence-corrected chi connectivity index (χ2v) is 11.2. The van der Waals surface area contributed by atoms with Crippen LogP contribution in [0, 0.1) is 0 Å². The molecule has 0 N–H and O–H groups in total. The highest BCUT2D eigenvalue weighted by molar-refractivity contribution is 5.89. The zero-order chi connectivity index (χ0) is 20.6. The van der Waals surface area contributed by atoms with Gasteiger partial charge in [-0.3, -0.25) is 4.98 Å². The third kappa shape index (κ3) is 2.99. The van der Waals surface area contributed by atoms with Gasteiger partial charge in [0.1, 0.15) is 0 Å². The lowest BCUT2D eigenvalue weighted by Gasteiger charge is -2.24. The minimum absolute atomic E-state index is 0.0557. The van der Waals surface area contributed by atoms with Gasteiger partial charge in [0.15, 0.2) is 0 Å². The van der Waals surface area contributed by atoms with Crippen LogP contribution in [-0.4, -0.2) is 9.97 Å². The average Bonchev–Trinajstić information content (AvgIpc) is 3.28. The van der Waals surface area contributed by atoms with E-state index in [0.29, 0.717) is 11.8 Å². The van der Waals surface area contributed by atoms with Crippen molar-refractivity contribution >= 4 is 10.9 Å². The van der Waals surface area contributed by atoms with Gasteiger partial charge in [-0.1, -0.05) is 65.8 Å². The summed E-state index contributed by atoms with van der Waals surface area (Å²) in [5, 5.41) is 1.35. The molecule has 2 heteroatoms. The molecule has 2 aromatic heterocycles. The fraction of sp³-hybridized carbons (Fsp3) is 0.481. The van der Waals surface area contributed by atoms with Crippen molar-refractivity contribution < 1.29 is 0 Å². The maximum Gasteiger partial charge on any atom is 0.0895 e. The zero-order valence-corrected chi connectivity index (χ0v) is 18.6. The number of nitrogens with zero attached hydrogens (tertiary/aromatic N) is 2. The molecule has 2 unspecified atom stereocenters. The van der Waals surface area contributed by atoms with Gasteiger partial charge in [0.2, 0.25) is 0 Å². The van der Waals surface area contributed by atoms with Gasteiger partial charge in [-0.15, -0.1) is 0 Å². The van der Waals surface area contributed by atoms with Crippen molar-refractivity contribution in [2.24, 2.45) is 0 Å². The second kappa shape index (κ2) is 6.14. The summed E-state index contributed by atoms with van der Waals surface area (Å²) in [6, 6.07) is 11.4. The lowest BCUT2D eigenvalue weighted by Crippen LogP contribution is -2.14. The first-order valence-corrected chi connectivity index (χ1v) is 11.1. The molecule has 2 aliphatic carbocycles. The van der Waals surface area contributed by atoms with Gasteiger partial charge >= 0.3 is 0 Å². The first kappa shape index (κ1) is 18.8. The van der Waals surface area contributed by atoms with Crippen molar-refractivity contribution in [3.8, 4) is 11.3 Å². The normalized spacial score (nSPS) is 21.0. The van der Waals surface area contributed by atoms with E-state index >= 15 is 0 Å². The molecule has 2 bridgehead atoms. The summed E-state index contributed by atoms with van der Waals surface area (Å²) in [6.07, 6.45) is 5.95. The molecule has 150 valence electrons. The lowest BCUT2D eigenvalue weighted by atomic mass is 9.83. The van der Waals surface area contributed by atoms with Crippen LogP contribution < -0.4 is 0 Å². The second-order valence-electron chi connectivity index (χ2n) is 11.2. The third-order valence-electron chi connectivity index (χ3n) is 6.99. The molecule has 0 spiro atoms. The molecule has 1 fully saturated rings. The fourth-order valence-corrected chi connectivity index (χ4v) is 5.32. The van der Waals surface area contributed by atoms with E-state index in [4.69, 9.17) is 9.97 Å². The van der Waals surface area contributed by atoms with Gasteiger partial charge in [0.25, 0.3) is 0 Å². The smallest absolute Gasteiger partial charge is 0.0895 e. The van der Waals surface area contributed by atoms with Crippen molar-refractivity contribution in [3.63, 3.8) is 0 Å². The van der Waals surface area contributed by atoms with Crippen LogP contribution in [0.3, 0.4) is 0 Å². The first-order chi connectivity index (χ1) is 13.6. The molecular formula is C27H32N2. The monoisotopic (exact) mass is 384 g/mol. The lowest BCUT2D eigenvalue weighted by molar-refractivity contribution is 0.570. The van der Waals surface area contributed by atoms with Crippen LogP contribution in [0.2, 0.25) is 0 Å². The van der Waals surface area contributed by atoms with Crippen LogP contribution >= 0.6 is 0 Å². The molecule has 1 saturated carbocycles. The Morgan fingerprint density at radius 1 is 0.828 bits per heavy atom. The molecule has 2 heterocycles. The topological polar surface area (TPSA) is 25.8 Å². The highest BCUT2D eigenvalue weighted by atomic mass is 14.8. The number of aromatic nitrogens is 2. The van der Waals surface area contributed by atoms with Gasteiger partial charge in [0, 0.05) is 22.1 Å². The molecular weight excluding hydrogens is 352 g/mol. The van der Waals surface area contributed by atoms with E-state index in [2.05, 4.69) is 71.9 Å².